The molecule has 7 nitrogen and oxygen atoms in total. The Morgan fingerprint density at radius 1 is 1.20 bits per heavy atom. The van der Waals surface area contributed by atoms with Crippen LogP contribution in [0.1, 0.15) is 39.1 Å². The van der Waals surface area contributed by atoms with Crippen molar-refractivity contribution in [1.82, 2.24) is 9.88 Å². The van der Waals surface area contributed by atoms with E-state index in [2.05, 4.69) is 10.3 Å². The van der Waals surface area contributed by atoms with E-state index in [-0.39, 0.29) is 18.6 Å². The van der Waals surface area contributed by atoms with E-state index in [4.69, 9.17) is 9.47 Å². The highest BCUT2D eigenvalue weighted by molar-refractivity contribution is 7.13. The number of anilines is 1. The molecular weight excluding hydrogens is 402 g/mol. The van der Waals surface area contributed by atoms with Gasteiger partial charge in [0.1, 0.15) is 0 Å². The van der Waals surface area contributed by atoms with Gasteiger partial charge in [0.05, 0.1) is 17.7 Å². The van der Waals surface area contributed by atoms with Crippen LogP contribution in [0.5, 0.6) is 11.5 Å². The van der Waals surface area contributed by atoms with E-state index >= 15 is 0 Å². The molecular formula is C22H19N3O4S. The summed E-state index contributed by atoms with van der Waals surface area (Å²) in [4.78, 5) is 32.5. The SMILES string of the molecule is Cc1csc(NC(=O)C2c3ccccc3C(=O)N(C)C2c2ccc3c(c2)OCO3)n1. The summed E-state index contributed by atoms with van der Waals surface area (Å²) >= 11 is 1.38. The van der Waals surface area contributed by atoms with E-state index in [9.17, 15) is 9.59 Å². The molecule has 5 rings (SSSR count). The van der Waals surface area contributed by atoms with Crippen molar-refractivity contribution in [3.8, 4) is 11.5 Å². The number of nitrogens with zero attached hydrogens (tertiary/aromatic N) is 2. The molecule has 0 fully saturated rings. The molecule has 2 atom stereocenters. The average Bonchev–Trinajstić information content (AvgIpc) is 3.38. The Hall–Kier alpha value is -3.39. The summed E-state index contributed by atoms with van der Waals surface area (Å²) in [7, 11) is 1.72. The zero-order chi connectivity index (χ0) is 20.8. The van der Waals surface area contributed by atoms with Crippen molar-refractivity contribution in [2.24, 2.45) is 0 Å². The number of carbonyl (C=O) groups excluding carboxylic acids is 2. The molecule has 1 N–H and O–H groups in total. The second kappa shape index (κ2) is 7.14. The zero-order valence-corrected chi connectivity index (χ0v) is 17.2. The molecule has 0 saturated carbocycles. The van der Waals surface area contributed by atoms with E-state index < -0.39 is 12.0 Å². The number of hydrogen-bond acceptors (Lipinski definition) is 6. The average molecular weight is 421 g/mol. The Labute approximate surface area is 177 Å². The third kappa shape index (κ3) is 3.00. The maximum atomic E-state index is 13.5. The molecule has 0 radical (unpaired) electrons. The standard InChI is InChI=1S/C22H19N3O4S/c1-12-10-30-22(23-12)24-20(26)18-14-5-3-4-6-15(14)21(27)25(2)19(18)13-7-8-16-17(9-13)29-11-28-16/h3-10,18-19H,11H2,1-2H3,(H,23,24,26). The summed E-state index contributed by atoms with van der Waals surface area (Å²) in [5.74, 6) is 0.333. The Kier molecular flexibility index (Phi) is 4.43. The second-order valence-corrected chi connectivity index (χ2v) is 8.18. The molecule has 152 valence electrons. The van der Waals surface area contributed by atoms with Crippen LogP contribution < -0.4 is 14.8 Å². The number of likely N-dealkylation sites (N-methyl/N-ethyl adjacent to an activating group) is 1. The summed E-state index contributed by atoms with van der Waals surface area (Å²) in [6.07, 6.45) is 0. The molecule has 30 heavy (non-hydrogen) atoms. The number of thiazole rings is 1. The number of aromatic nitrogens is 1. The molecule has 2 aliphatic rings. The van der Waals surface area contributed by atoms with Crippen LogP contribution in [-0.2, 0) is 4.79 Å². The van der Waals surface area contributed by atoms with Gasteiger partial charge in [-0.15, -0.1) is 11.3 Å². The van der Waals surface area contributed by atoms with Crippen molar-refractivity contribution < 1.29 is 19.1 Å². The van der Waals surface area contributed by atoms with Gasteiger partial charge >= 0.3 is 0 Å². The molecule has 2 amide bonds. The van der Waals surface area contributed by atoms with Gasteiger partial charge in [-0.25, -0.2) is 4.98 Å². The smallest absolute Gasteiger partial charge is 0.254 e. The van der Waals surface area contributed by atoms with E-state index in [1.54, 1.807) is 18.0 Å². The van der Waals surface area contributed by atoms with Crippen LogP contribution in [0, 0.1) is 6.92 Å². The highest BCUT2D eigenvalue weighted by atomic mass is 32.1. The molecule has 1 aromatic heterocycles. The summed E-state index contributed by atoms with van der Waals surface area (Å²) < 4.78 is 10.9. The van der Waals surface area contributed by atoms with E-state index in [1.807, 2.05) is 48.7 Å². The number of benzene rings is 2. The lowest BCUT2D eigenvalue weighted by Gasteiger charge is -2.39. The fourth-order valence-corrected chi connectivity index (χ4v) is 4.76. The Balaban J connectivity index is 1.61. The summed E-state index contributed by atoms with van der Waals surface area (Å²) in [5.41, 5.74) is 2.89. The first-order valence-corrected chi connectivity index (χ1v) is 10.4. The molecule has 8 heteroatoms. The van der Waals surface area contributed by atoms with Crippen molar-refractivity contribution in [1.29, 1.82) is 0 Å². The summed E-state index contributed by atoms with van der Waals surface area (Å²) in [5, 5.41) is 5.36. The van der Waals surface area contributed by atoms with Crippen LogP contribution >= 0.6 is 11.3 Å². The van der Waals surface area contributed by atoms with Gasteiger partial charge < -0.3 is 19.7 Å². The highest BCUT2D eigenvalue weighted by Crippen LogP contribution is 2.45. The molecule has 0 aliphatic carbocycles. The maximum Gasteiger partial charge on any atom is 0.254 e. The Morgan fingerprint density at radius 2 is 2.00 bits per heavy atom. The topological polar surface area (TPSA) is 80.8 Å². The van der Waals surface area contributed by atoms with Crippen LogP contribution in [0.4, 0.5) is 5.13 Å². The third-order valence-electron chi connectivity index (χ3n) is 5.45. The first-order chi connectivity index (χ1) is 14.5. The monoisotopic (exact) mass is 421 g/mol. The molecule has 0 spiro atoms. The number of nitrogens with one attached hydrogen (secondary N) is 1. The molecule has 0 bridgehead atoms. The van der Waals surface area contributed by atoms with Crippen molar-refractivity contribution in [3.63, 3.8) is 0 Å². The fourth-order valence-electron chi connectivity index (χ4n) is 4.07. The van der Waals surface area contributed by atoms with Crippen LogP contribution in [-0.4, -0.2) is 35.5 Å². The Morgan fingerprint density at radius 3 is 2.80 bits per heavy atom. The largest absolute Gasteiger partial charge is 0.454 e. The number of ether oxygens (including phenoxy) is 2. The van der Waals surface area contributed by atoms with Crippen LogP contribution in [0.3, 0.4) is 0 Å². The van der Waals surface area contributed by atoms with E-state index in [0.717, 1.165) is 11.3 Å². The van der Waals surface area contributed by atoms with Crippen LogP contribution in [0.2, 0.25) is 0 Å². The molecule has 2 aliphatic heterocycles. The molecule has 2 aromatic carbocycles. The van der Waals surface area contributed by atoms with Crippen molar-refractivity contribution in [3.05, 3.63) is 70.2 Å². The molecule has 0 saturated heterocycles. The summed E-state index contributed by atoms with van der Waals surface area (Å²) in [6, 6.07) is 12.3. The molecule has 2 unspecified atom stereocenters. The predicted octanol–water partition coefficient (Wildman–Crippen LogP) is 3.73. The minimum absolute atomic E-state index is 0.123. The minimum atomic E-state index is -0.603. The number of carbonyl (C=O) groups is 2. The first-order valence-electron chi connectivity index (χ1n) is 9.51. The van der Waals surface area contributed by atoms with Crippen molar-refractivity contribution in [2.45, 2.75) is 18.9 Å². The Bertz CT molecular complexity index is 1160. The zero-order valence-electron chi connectivity index (χ0n) is 16.4. The quantitative estimate of drug-likeness (QED) is 0.697. The van der Waals surface area contributed by atoms with Crippen molar-refractivity contribution >= 4 is 28.3 Å². The number of rotatable bonds is 3. The van der Waals surface area contributed by atoms with Gasteiger partial charge in [0.2, 0.25) is 12.7 Å². The van der Waals surface area contributed by atoms with Gasteiger partial charge in [0, 0.05) is 18.0 Å². The minimum Gasteiger partial charge on any atom is -0.454 e. The lowest BCUT2D eigenvalue weighted by Crippen LogP contribution is -2.44. The van der Waals surface area contributed by atoms with Gasteiger partial charge in [0.15, 0.2) is 16.6 Å². The van der Waals surface area contributed by atoms with E-state index in [0.29, 0.717) is 27.8 Å². The van der Waals surface area contributed by atoms with Gasteiger partial charge in [-0.3, -0.25) is 9.59 Å². The highest BCUT2D eigenvalue weighted by Gasteiger charge is 2.43. The first kappa shape index (κ1) is 18.6. The number of fused-ring (bicyclic) bond motifs is 2. The lowest BCUT2D eigenvalue weighted by molar-refractivity contribution is -0.119. The molecule has 3 aromatic rings. The van der Waals surface area contributed by atoms with Gasteiger partial charge in [-0.1, -0.05) is 24.3 Å². The normalized spacial score (nSPS) is 19.5. The van der Waals surface area contributed by atoms with Crippen LogP contribution in [0.15, 0.2) is 47.8 Å². The van der Waals surface area contributed by atoms with Crippen molar-refractivity contribution in [2.75, 3.05) is 19.2 Å². The van der Waals surface area contributed by atoms with Crippen LogP contribution in [0.25, 0.3) is 0 Å². The van der Waals surface area contributed by atoms with Gasteiger partial charge in [-0.2, -0.15) is 0 Å². The second-order valence-electron chi connectivity index (χ2n) is 7.32. The number of aryl methyl sites for hydroxylation is 1. The van der Waals surface area contributed by atoms with Gasteiger partial charge in [-0.05, 0) is 36.2 Å². The van der Waals surface area contributed by atoms with Gasteiger partial charge in [0.25, 0.3) is 5.91 Å². The molecule has 3 heterocycles. The third-order valence-corrected chi connectivity index (χ3v) is 6.32. The number of hydrogen-bond donors (Lipinski definition) is 1. The number of amides is 2. The predicted molar refractivity (Wildman–Crippen MR) is 112 cm³/mol. The lowest BCUT2D eigenvalue weighted by atomic mass is 9.79. The fraction of sp³-hybridized carbons (Fsp3) is 0.227. The van der Waals surface area contributed by atoms with E-state index in [1.165, 1.54) is 11.3 Å². The summed E-state index contributed by atoms with van der Waals surface area (Å²) in [6.45, 7) is 2.04. The maximum absolute atomic E-state index is 13.5.